The molecular formula is CH3N4O. The fraction of sp³-hybridized carbons (Fsp3) is 0. The van der Waals surface area contributed by atoms with Crippen molar-refractivity contribution in [3.63, 3.8) is 0 Å². The molecule has 0 saturated heterocycles. The Morgan fingerprint density at radius 1 is 1.83 bits per heavy atom. The third-order valence-electron chi connectivity index (χ3n) is 0.332. The van der Waals surface area contributed by atoms with E-state index < -0.39 is 0 Å². The van der Waals surface area contributed by atoms with E-state index in [1.807, 2.05) is 0 Å². The predicted molar refractivity (Wildman–Crippen MR) is 16.3 cm³/mol. The minimum absolute atomic E-state index is 0.958. The molecule has 5 heteroatoms. The third-order valence-corrected chi connectivity index (χ3v) is 0.332. The highest BCUT2D eigenvalue weighted by Crippen LogP contribution is 1.90. The minimum Gasteiger partial charge on any atom is -0.138 e. The first-order valence-corrected chi connectivity index (χ1v) is 1.33. The summed E-state index contributed by atoms with van der Waals surface area (Å²) in [5, 5.41) is 7.39. The molecule has 1 N–H and O–H groups in total. The van der Waals surface area contributed by atoms with Crippen LogP contribution in [0.3, 0.4) is 0 Å². The normalized spacial score (nSPS) is 18.5. The van der Waals surface area contributed by atoms with Crippen LogP contribution in [0.4, 0.5) is 0 Å². The summed E-state index contributed by atoms with van der Waals surface area (Å²) in [5.74, 6) is 0. The average molecular weight is 87.1 g/mol. The molecule has 6 heavy (non-hydrogen) atoms. The standard InChI is InChI=1S/CH3N4O/c1-5-3-2-4-6-5/h1H2,(H,3,4). The molecule has 1 aliphatic rings. The van der Waals surface area contributed by atoms with Crippen LogP contribution >= 0.6 is 0 Å². The quantitative estimate of drug-likeness (QED) is 0.445. The highest BCUT2D eigenvalue weighted by molar-refractivity contribution is 4.21. The van der Waals surface area contributed by atoms with Gasteiger partial charge in [0.05, 0.1) is 7.05 Å². The van der Waals surface area contributed by atoms with Gasteiger partial charge in [-0.3, -0.25) is 0 Å². The van der Waals surface area contributed by atoms with Crippen LogP contribution in [0.25, 0.3) is 0 Å². The van der Waals surface area contributed by atoms with E-state index in [9.17, 15) is 0 Å². The van der Waals surface area contributed by atoms with Crippen LogP contribution in [-0.2, 0) is 4.94 Å². The average Bonchev–Trinajstić information content (AvgIpc) is 1.86. The molecule has 1 aliphatic heterocycles. The Bertz CT molecular complexity index is 69.9. The number of hydrogen-bond donors (Lipinski definition) is 1. The Morgan fingerprint density at radius 3 is 2.83 bits per heavy atom. The molecule has 0 unspecified atom stereocenters. The van der Waals surface area contributed by atoms with Crippen LogP contribution in [0.1, 0.15) is 0 Å². The largest absolute Gasteiger partial charge is 0.138 e. The molecule has 0 aromatic rings. The summed E-state index contributed by atoms with van der Waals surface area (Å²) < 4.78 is 0. The lowest BCUT2D eigenvalue weighted by Crippen LogP contribution is -2.08. The van der Waals surface area contributed by atoms with Gasteiger partial charge in [-0.05, 0) is 10.4 Å². The number of hydroxylamine groups is 1. The van der Waals surface area contributed by atoms with Gasteiger partial charge in [-0.1, -0.05) is 0 Å². The van der Waals surface area contributed by atoms with E-state index in [0.717, 1.165) is 5.17 Å². The van der Waals surface area contributed by atoms with Crippen LogP contribution in [0.15, 0.2) is 10.4 Å². The van der Waals surface area contributed by atoms with E-state index in [2.05, 4.69) is 28.0 Å². The first-order chi connectivity index (χ1) is 2.89. The fourth-order valence-electron chi connectivity index (χ4n) is 0.152. The molecule has 0 saturated carbocycles. The highest BCUT2D eigenvalue weighted by atomic mass is 16.9. The van der Waals surface area contributed by atoms with Gasteiger partial charge in [0, 0.05) is 0 Å². The Labute approximate surface area is 34.5 Å². The molecule has 0 aliphatic carbocycles. The summed E-state index contributed by atoms with van der Waals surface area (Å²) in [6.45, 7) is 0. The summed E-state index contributed by atoms with van der Waals surface area (Å²) in [4.78, 5) is 4.29. The maximum atomic E-state index is 4.29. The van der Waals surface area contributed by atoms with Crippen LogP contribution in [0.2, 0.25) is 0 Å². The van der Waals surface area contributed by atoms with Crippen molar-refractivity contribution < 1.29 is 4.94 Å². The van der Waals surface area contributed by atoms with E-state index in [4.69, 9.17) is 0 Å². The summed E-state index contributed by atoms with van der Waals surface area (Å²) in [5.41, 5.74) is 2.09. The second kappa shape index (κ2) is 1.09. The topological polar surface area (TPSA) is 49.2 Å². The fourth-order valence-corrected chi connectivity index (χ4v) is 0.152. The molecule has 1 heterocycles. The van der Waals surface area contributed by atoms with Gasteiger partial charge in [0.15, 0.2) is 0 Å². The molecule has 1 rings (SSSR count). The van der Waals surface area contributed by atoms with Gasteiger partial charge in [0.1, 0.15) is 0 Å². The molecule has 0 atom stereocenters. The smallest absolute Gasteiger partial charge is 0.0911 e. The zero-order valence-corrected chi connectivity index (χ0v) is 2.96. The van der Waals surface area contributed by atoms with Crippen molar-refractivity contribution in [2.75, 3.05) is 0 Å². The molecular weight excluding hydrogens is 84.0 g/mol. The number of rotatable bonds is 0. The summed E-state index contributed by atoms with van der Waals surface area (Å²) in [7, 11) is 3.23. The molecule has 0 aromatic heterocycles. The molecule has 1 radical (unpaired) electrons. The molecule has 0 fully saturated rings. The number of nitrogens with one attached hydrogen (secondary N) is 1. The van der Waals surface area contributed by atoms with Crippen LogP contribution in [0, 0.1) is 7.05 Å². The third kappa shape index (κ3) is 0.389. The first-order valence-electron chi connectivity index (χ1n) is 1.33. The Kier molecular flexibility index (Phi) is 0.612. The zero-order valence-electron chi connectivity index (χ0n) is 2.96. The highest BCUT2D eigenvalue weighted by Gasteiger charge is 1.95. The lowest BCUT2D eigenvalue weighted by Gasteiger charge is -1.94. The molecule has 0 bridgehead atoms. The van der Waals surface area contributed by atoms with Crippen molar-refractivity contribution in [1.82, 2.24) is 10.8 Å². The van der Waals surface area contributed by atoms with E-state index in [1.165, 1.54) is 0 Å². The molecule has 0 amide bonds. The number of hydrogen-bond acceptors (Lipinski definition) is 5. The first kappa shape index (κ1) is 3.35. The predicted octanol–water partition coefficient (Wildman–Crippen LogP) is -0.188. The Hall–Kier alpha value is -0.840. The SMILES string of the molecule is [CH2]N1N=NNO1. The van der Waals surface area contributed by atoms with Crippen molar-refractivity contribution in [2.24, 2.45) is 10.4 Å². The van der Waals surface area contributed by atoms with E-state index >= 15 is 0 Å². The van der Waals surface area contributed by atoms with Crippen LogP contribution in [0.5, 0.6) is 0 Å². The summed E-state index contributed by atoms with van der Waals surface area (Å²) in [6.07, 6.45) is 0. The summed E-state index contributed by atoms with van der Waals surface area (Å²) in [6, 6.07) is 0. The molecule has 33 valence electrons. The second-order valence-electron chi connectivity index (χ2n) is 0.724. The lowest BCUT2D eigenvalue weighted by molar-refractivity contribution is -0.142. The van der Waals surface area contributed by atoms with E-state index in [0.29, 0.717) is 0 Å². The maximum Gasteiger partial charge on any atom is 0.0911 e. The molecule has 0 spiro atoms. The monoisotopic (exact) mass is 87.0 g/mol. The van der Waals surface area contributed by atoms with Crippen molar-refractivity contribution in [1.29, 1.82) is 0 Å². The van der Waals surface area contributed by atoms with Crippen molar-refractivity contribution >= 4 is 0 Å². The molecule has 5 nitrogen and oxygen atoms in total. The van der Waals surface area contributed by atoms with Gasteiger partial charge >= 0.3 is 0 Å². The van der Waals surface area contributed by atoms with Gasteiger partial charge in [-0.25, -0.2) is 0 Å². The van der Waals surface area contributed by atoms with Gasteiger partial charge in [0.2, 0.25) is 0 Å². The Morgan fingerprint density at radius 2 is 2.67 bits per heavy atom. The van der Waals surface area contributed by atoms with E-state index in [-0.39, 0.29) is 0 Å². The van der Waals surface area contributed by atoms with Crippen molar-refractivity contribution in [2.45, 2.75) is 0 Å². The lowest BCUT2D eigenvalue weighted by atomic mass is 11.5. The van der Waals surface area contributed by atoms with Gasteiger partial charge < -0.3 is 0 Å². The van der Waals surface area contributed by atoms with E-state index in [1.54, 1.807) is 0 Å². The maximum absolute atomic E-state index is 4.29. The van der Waals surface area contributed by atoms with Gasteiger partial charge in [-0.15, -0.1) is 15.7 Å². The van der Waals surface area contributed by atoms with Crippen molar-refractivity contribution in [3.8, 4) is 0 Å². The van der Waals surface area contributed by atoms with Crippen LogP contribution in [-0.4, -0.2) is 5.17 Å². The van der Waals surface area contributed by atoms with Gasteiger partial charge in [0.25, 0.3) is 0 Å². The number of nitrogens with zero attached hydrogens (tertiary/aromatic N) is 3. The molecule has 0 aromatic carbocycles. The zero-order chi connectivity index (χ0) is 4.41. The summed E-state index contributed by atoms with van der Waals surface area (Å²) >= 11 is 0. The van der Waals surface area contributed by atoms with Crippen molar-refractivity contribution in [3.05, 3.63) is 7.05 Å². The second-order valence-corrected chi connectivity index (χ2v) is 0.724. The minimum atomic E-state index is 0.958. The Balaban J connectivity index is 2.38. The van der Waals surface area contributed by atoms with Gasteiger partial charge in [-0.2, -0.15) is 0 Å². The van der Waals surface area contributed by atoms with Crippen LogP contribution < -0.4 is 5.59 Å².